The van der Waals surface area contributed by atoms with Gasteiger partial charge in [-0.25, -0.2) is 18.4 Å². The first-order valence-electron chi connectivity index (χ1n) is 17.2. The fraction of sp³-hybridized carbons (Fsp3) is 0.474. The number of halogens is 12. The van der Waals surface area contributed by atoms with Gasteiger partial charge >= 0.3 is 48.0 Å². The van der Waals surface area contributed by atoms with E-state index in [9.17, 15) is 62.3 Å². The van der Waals surface area contributed by atoms with Crippen molar-refractivity contribution >= 4 is 11.9 Å². The molecule has 0 spiro atoms. The zero-order chi connectivity index (χ0) is 41.1. The maximum absolute atomic E-state index is 14.0. The van der Waals surface area contributed by atoms with E-state index in [1.165, 1.54) is 57.1 Å². The van der Waals surface area contributed by atoms with E-state index < -0.39 is 60.1 Å². The molecule has 0 bridgehead atoms. The Morgan fingerprint density at radius 2 is 0.982 bits per heavy atom. The van der Waals surface area contributed by atoms with Crippen LogP contribution in [0.1, 0.15) is 85.4 Å². The molecular weight excluding hydrogens is 764 g/mol. The van der Waals surface area contributed by atoms with Crippen molar-refractivity contribution in [3.63, 3.8) is 0 Å². The zero-order valence-electron chi connectivity index (χ0n) is 29.4. The number of ether oxygens (including phenoxy) is 3. The summed E-state index contributed by atoms with van der Waals surface area (Å²) >= 11 is 0. The molecule has 0 aromatic heterocycles. The molecule has 0 unspecified atom stereocenters. The highest BCUT2D eigenvalue weighted by molar-refractivity contribution is 5.92. The van der Waals surface area contributed by atoms with Crippen molar-refractivity contribution in [2.45, 2.75) is 101 Å². The van der Waals surface area contributed by atoms with E-state index in [4.69, 9.17) is 9.47 Å². The summed E-state index contributed by atoms with van der Waals surface area (Å²) in [6, 6.07) is 17.0. The van der Waals surface area contributed by atoms with Crippen molar-refractivity contribution in [1.29, 1.82) is 0 Å². The van der Waals surface area contributed by atoms with Gasteiger partial charge in [0.05, 0.1) is 17.7 Å². The second-order valence-electron chi connectivity index (χ2n) is 12.6. The second-order valence-corrected chi connectivity index (χ2v) is 12.6. The Hall–Kier alpha value is -4.44. The Balaban J connectivity index is 1.50. The fourth-order valence-corrected chi connectivity index (χ4v) is 5.07. The molecule has 0 aliphatic rings. The van der Waals surface area contributed by atoms with Gasteiger partial charge in [0.15, 0.2) is 6.61 Å². The third-order valence-corrected chi connectivity index (χ3v) is 8.45. The van der Waals surface area contributed by atoms with Gasteiger partial charge in [0, 0.05) is 0 Å². The van der Waals surface area contributed by atoms with Gasteiger partial charge in [-0.15, -0.1) is 0 Å². The van der Waals surface area contributed by atoms with E-state index >= 15 is 0 Å². The first-order valence-corrected chi connectivity index (χ1v) is 17.2. The van der Waals surface area contributed by atoms with Crippen molar-refractivity contribution in [3.05, 3.63) is 83.9 Å². The summed E-state index contributed by atoms with van der Waals surface area (Å²) in [7, 11) is 0. The maximum atomic E-state index is 14.0. The molecule has 3 aromatic rings. The van der Waals surface area contributed by atoms with Crippen LogP contribution in [0.15, 0.2) is 72.8 Å². The van der Waals surface area contributed by atoms with Crippen LogP contribution in [-0.2, 0) is 4.74 Å². The number of esters is 2. The molecular formula is C38H38F12O5. The summed E-state index contributed by atoms with van der Waals surface area (Å²) < 4.78 is 175. The quantitative estimate of drug-likeness (QED) is 0.0438. The van der Waals surface area contributed by atoms with E-state index in [0.29, 0.717) is 12.4 Å². The van der Waals surface area contributed by atoms with E-state index in [1.807, 2.05) is 24.3 Å². The first-order chi connectivity index (χ1) is 25.7. The summed E-state index contributed by atoms with van der Waals surface area (Å²) in [6.45, 7) is -0.244. The summed E-state index contributed by atoms with van der Waals surface area (Å²) in [5.74, 6) is -38.7. The summed E-state index contributed by atoms with van der Waals surface area (Å²) in [5, 5.41) is 0. The number of alkyl halides is 12. The summed E-state index contributed by atoms with van der Waals surface area (Å²) in [6.07, 6.45) is 5.21. The third kappa shape index (κ3) is 10.9. The van der Waals surface area contributed by atoms with E-state index in [-0.39, 0.29) is 11.3 Å². The normalized spacial score (nSPS) is 12.8. The second kappa shape index (κ2) is 18.9. The molecule has 3 aromatic carbocycles. The summed E-state index contributed by atoms with van der Waals surface area (Å²) in [5.41, 5.74) is 0.963. The Labute approximate surface area is 308 Å². The van der Waals surface area contributed by atoms with Gasteiger partial charge in [-0.05, 0) is 66.1 Å². The van der Waals surface area contributed by atoms with Crippen LogP contribution in [-0.4, -0.2) is 61.2 Å². The van der Waals surface area contributed by atoms with E-state index in [1.54, 1.807) is 12.1 Å². The van der Waals surface area contributed by atoms with Crippen LogP contribution in [0.4, 0.5) is 52.7 Å². The van der Waals surface area contributed by atoms with Crippen LogP contribution in [0.2, 0.25) is 0 Å². The van der Waals surface area contributed by atoms with Gasteiger partial charge in [-0.2, -0.15) is 43.9 Å². The molecule has 0 fully saturated rings. The largest absolute Gasteiger partial charge is 0.494 e. The predicted octanol–water partition coefficient (Wildman–Crippen LogP) is 12.1. The lowest BCUT2D eigenvalue weighted by molar-refractivity contribution is -0.414. The molecule has 55 heavy (non-hydrogen) atoms. The van der Waals surface area contributed by atoms with Crippen molar-refractivity contribution in [1.82, 2.24) is 0 Å². The van der Waals surface area contributed by atoms with Crippen LogP contribution in [0.3, 0.4) is 0 Å². The Morgan fingerprint density at radius 3 is 1.49 bits per heavy atom. The fourth-order valence-electron chi connectivity index (χ4n) is 5.07. The van der Waals surface area contributed by atoms with E-state index in [0.717, 1.165) is 48.2 Å². The van der Waals surface area contributed by atoms with Crippen LogP contribution in [0.5, 0.6) is 11.5 Å². The van der Waals surface area contributed by atoms with Crippen molar-refractivity contribution in [2.24, 2.45) is 0 Å². The van der Waals surface area contributed by atoms with Gasteiger partial charge in [-0.3, -0.25) is 0 Å². The zero-order valence-corrected chi connectivity index (χ0v) is 29.4. The molecule has 5 nitrogen and oxygen atoms in total. The SMILES string of the molecule is CCCCCCCCCCCOc1ccc(-c2ccc(C(=O)Oc3ccc(C(=O)OCC(F)(F)C(F)(F)C(F)(F)C(F)(F)C(F)(F)C(F)F)cc3)cc2)cc1. The van der Waals surface area contributed by atoms with Crippen molar-refractivity contribution in [2.75, 3.05) is 13.2 Å². The Bertz CT molecular complexity index is 1660. The molecule has 304 valence electrons. The first kappa shape index (κ1) is 45.0. The minimum Gasteiger partial charge on any atom is -0.494 e. The molecule has 17 heteroatoms. The highest BCUT2D eigenvalue weighted by atomic mass is 19.4. The van der Waals surface area contributed by atoms with Gasteiger partial charge in [-0.1, -0.05) is 82.6 Å². The lowest BCUT2D eigenvalue weighted by atomic mass is 9.94. The molecule has 0 saturated carbocycles. The average Bonchev–Trinajstić information content (AvgIpc) is 3.14. The third-order valence-electron chi connectivity index (χ3n) is 8.45. The molecule has 0 aliphatic heterocycles. The number of unbranched alkanes of at least 4 members (excludes halogenated alkanes) is 8. The number of carbonyl (C=O) groups excluding carboxylic acids is 2. The average molecular weight is 803 g/mol. The molecule has 0 amide bonds. The van der Waals surface area contributed by atoms with Crippen molar-refractivity contribution in [3.8, 4) is 22.6 Å². The minimum atomic E-state index is -7.74. The smallest absolute Gasteiger partial charge is 0.384 e. The number of benzene rings is 3. The van der Waals surface area contributed by atoms with Gasteiger partial charge in [0.1, 0.15) is 11.5 Å². The topological polar surface area (TPSA) is 61.8 Å². The molecule has 0 aliphatic carbocycles. The Morgan fingerprint density at radius 1 is 0.545 bits per heavy atom. The predicted molar refractivity (Wildman–Crippen MR) is 177 cm³/mol. The Kier molecular flexibility index (Phi) is 15.5. The lowest BCUT2D eigenvalue weighted by Crippen LogP contribution is -2.69. The summed E-state index contributed by atoms with van der Waals surface area (Å²) in [4.78, 5) is 24.7. The molecule has 0 saturated heterocycles. The van der Waals surface area contributed by atoms with Gasteiger partial charge < -0.3 is 14.2 Å². The number of hydrogen-bond acceptors (Lipinski definition) is 5. The monoisotopic (exact) mass is 802 g/mol. The molecule has 0 N–H and O–H groups in total. The maximum Gasteiger partial charge on any atom is 0.384 e. The standard InChI is InChI=1S/C38H38F12O5/c1-2-3-4-5-6-7-8-9-10-23-53-29-19-15-26(16-20-29)25-11-13-28(14-12-25)32(52)55-30-21-17-27(18-22-30)31(51)54-24-34(41,42)36(45,46)38(49,50)37(47,48)35(43,44)33(39)40/h11-22,33H,2-10,23-24H2,1H3. The molecule has 0 heterocycles. The highest BCUT2D eigenvalue weighted by Gasteiger charge is 2.87. The van der Waals surface area contributed by atoms with Crippen molar-refractivity contribution < 1.29 is 76.5 Å². The minimum absolute atomic E-state index is 0.0880. The van der Waals surface area contributed by atoms with Crippen LogP contribution in [0, 0.1) is 0 Å². The highest BCUT2D eigenvalue weighted by Crippen LogP contribution is 2.58. The molecule has 0 atom stereocenters. The lowest BCUT2D eigenvalue weighted by Gasteiger charge is -2.38. The number of rotatable bonds is 22. The number of carbonyl (C=O) groups is 2. The van der Waals surface area contributed by atoms with Gasteiger partial charge in [0.2, 0.25) is 0 Å². The number of hydrogen-bond donors (Lipinski definition) is 0. The molecule has 0 radical (unpaired) electrons. The van der Waals surface area contributed by atoms with Crippen LogP contribution < -0.4 is 9.47 Å². The van der Waals surface area contributed by atoms with Gasteiger partial charge in [0.25, 0.3) is 0 Å². The van der Waals surface area contributed by atoms with Crippen LogP contribution >= 0.6 is 0 Å². The molecule has 3 rings (SSSR count). The van der Waals surface area contributed by atoms with Crippen LogP contribution in [0.25, 0.3) is 11.1 Å². The van der Waals surface area contributed by atoms with E-state index in [2.05, 4.69) is 11.7 Å².